The Bertz CT molecular complexity index is 1020. The fourth-order valence-corrected chi connectivity index (χ4v) is 5.20. The molecule has 0 radical (unpaired) electrons. The monoisotopic (exact) mass is 491 g/mol. The molecular formula is C23H26ClN3O5S. The minimum absolute atomic E-state index is 0.0137. The molecule has 33 heavy (non-hydrogen) atoms. The molecule has 0 unspecified atom stereocenters. The zero-order chi connectivity index (χ0) is 23.4. The number of thioether (sulfide) groups is 1. The number of rotatable bonds is 7. The summed E-state index contributed by atoms with van der Waals surface area (Å²) in [5.74, 6) is -0.465. The number of allylic oxidation sites excluding steroid dienone is 1. The second-order valence-corrected chi connectivity index (χ2v) is 8.96. The van der Waals surface area contributed by atoms with Crippen LogP contribution in [0, 0.1) is 0 Å². The zero-order valence-corrected chi connectivity index (χ0v) is 20.2. The number of halogens is 1. The van der Waals surface area contributed by atoms with Crippen LogP contribution >= 0.6 is 23.4 Å². The Morgan fingerprint density at radius 1 is 1.24 bits per heavy atom. The van der Waals surface area contributed by atoms with Crippen molar-refractivity contribution in [2.24, 2.45) is 4.99 Å². The van der Waals surface area contributed by atoms with Crippen molar-refractivity contribution in [1.29, 1.82) is 0 Å². The van der Waals surface area contributed by atoms with Crippen molar-refractivity contribution in [3.05, 3.63) is 57.2 Å². The number of morpholine rings is 1. The molecule has 10 heteroatoms. The largest absolute Gasteiger partial charge is 0.460 e. The fourth-order valence-electron chi connectivity index (χ4n) is 4.00. The first-order valence-electron chi connectivity index (χ1n) is 10.7. The number of benzene rings is 1. The SMILES string of the molecule is COCCOC(=O)C1=C(C)N=C2SC=C(CC(=O)N3CCOCC3)N2[C@H]1c1ccccc1Cl. The van der Waals surface area contributed by atoms with Crippen molar-refractivity contribution < 1.29 is 23.8 Å². The summed E-state index contributed by atoms with van der Waals surface area (Å²) < 4.78 is 15.8. The topological polar surface area (TPSA) is 80.7 Å². The van der Waals surface area contributed by atoms with Gasteiger partial charge in [-0.05, 0) is 24.0 Å². The van der Waals surface area contributed by atoms with Crippen LogP contribution in [0.3, 0.4) is 0 Å². The molecule has 0 aromatic heterocycles. The molecule has 3 aliphatic heterocycles. The van der Waals surface area contributed by atoms with Crippen LogP contribution in [0.15, 0.2) is 51.6 Å². The van der Waals surface area contributed by atoms with Crippen LogP contribution in [0.4, 0.5) is 0 Å². The van der Waals surface area contributed by atoms with Gasteiger partial charge in [0.15, 0.2) is 5.17 Å². The van der Waals surface area contributed by atoms with Gasteiger partial charge in [-0.1, -0.05) is 41.6 Å². The van der Waals surface area contributed by atoms with E-state index in [1.165, 1.54) is 11.8 Å². The molecule has 8 nitrogen and oxygen atoms in total. The second kappa shape index (κ2) is 10.7. The number of ether oxygens (including phenoxy) is 3. The molecule has 1 saturated heterocycles. The van der Waals surface area contributed by atoms with Crippen LogP contribution in [0.1, 0.15) is 24.9 Å². The van der Waals surface area contributed by atoms with Crippen molar-refractivity contribution in [3.8, 4) is 0 Å². The van der Waals surface area contributed by atoms with E-state index in [4.69, 9.17) is 25.8 Å². The van der Waals surface area contributed by atoms with Crippen molar-refractivity contribution in [2.75, 3.05) is 46.6 Å². The molecule has 3 heterocycles. The van der Waals surface area contributed by atoms with Crippen molar-refractivity contribution in [2.45, 2.75) is 19.4 Å². The summed E-state index contributed by atoms with van der Waals surface area (Å²) in [5.41, 5.74) is 2.48. The van der Waals surface area contributed by atoms with Gasteiger partial charge in [-0.15, -0.1) is 0 Å². The Morgan fingerprint density at radius 2 is 2.00 bits per heavy atom. The number of methoxy groups -OCH3 is 1. The third-order valence-corrected chi connectivity index (χ3v) is 6.87. The van der Waals surface area contributed by atoms with Gasteiger partial charge < -0.3 is 24.0 Å². The predicted octanol–water partition coefficient (Wildman–Crippen LogP) is 3.35. The first kappa shape index (κ1) is 23.8. The summed E-state index contributed by atoms with van der Waals surface area (Å²) in [6.45, 7) is 4.44. The normalized spacial score (nSPS) is 20.4. The number of fused-ring (bicyclic) bond motifs is 1. The van der Waals surface area contributed by atoms with Gasteiger partial charge in [0, 0.05) is 30.9 Å². The molecular weight excluding hydrogens is 466 g/mol. The molecule has 4 rings (SSSR count). The number of nitrogens with zero attached hydrogens (tertiary/aromatic N) is 3. The lowest BCUT2D eigenvalue weighted by Crippen LogP contribution is -2.42. The molecule has 1 amide bonds. The average Bonchev–Trinajstić information content (AvgIpc) is 3.21. The summed E-state index contributed by atoms with van der Waals surface area (Å²) in [5, 5.41) is 3.15. The first-order valence-corrected chi connectivity index (χ1v) is 12.0. The van der Waals surface area contributed by atoms with Gasteiger partial charge in [0.05, 0.1) is 43.6 Å². The lowest BCUT2D eigenvalue weighted by Gasteiger charge is -2.37. The van der Waals surface area contributed by atoms with E-state index in [9.17, 15) is 9.59 Å². The molecule has 0 bridgehead atoms. The van der Waals surface area contributed by atoms with Gasteiger partial charge in [-0.3, -0.25) is 4.79 Å². The van der Waals surface area contributed by atoms with Gasteiger partial charge in [-0.25, -0.2) is 9.79 Å². The predicted molar refractivity (Wildman–Crippen MR) is 127 cm³/mol. The van der Waals surface area contributed by atoms with E-state index in [-0.39, 0.29) is 18.9 Å². The van der Waals surface area contributed by atoms with Crippen molar-refractivity contribution in [3.63, 3.8) is 0 Å². The van der Waals surface area contributed by atoms with E-state index < -0.39 is 12.0 Å². The van der Waals surface area contributed by atoms with E-state index in [0.717, 1.165) is 11.3 Å². The number of esters is 1. The Morgan fingerprint density at radius 3 is 2.73 bits per heavy atom. The smallest absolute Gasteiger partial charge is 0.338 e. The van der Waals surface area contributed by atoms with E-state index in [1.54, 1.807) is 25.0 Å². The van der Waals surface area contributed by atoms with Gasteiger partial charge >= 0.3 is 5.97 Å². The van der Waals surface area contributed by atoms with E-state index in [2.05, 4.69) is 4.99 Å². The lowest BCUT2D eigenvalue weighted by atomic mass is 9.93. The molecule has 1 fully saturated rings. The molecule has 0 aliphatic carbocycles. The standard InChI is InChI=1S/C23H26ClN3O5S/c1-15-20(22(29)32-12-11-30-2)21(17-5-3-4-6-18(17)24)27-16(14-33-23(27)25-15)13-19(28)26-7-9-31-10-8-26/h3-6,14,21H,7-13H2,1-2H3/t21-/m0/s1. The van der Waals surface area contributed by atoms with Crippen LogP contribution in [0.5, 0.6) is 0 Å². The highest BCUT2D eigenvalue weighted by Gasteiger charge is 2.42. The number of hydrogen-bond acceptors (Lipinski definition) is 8. The van der Waals surface area contributed by atoms with Crippen LogP contribution in [0.25, 0.3) is 0 Å². The number of carbonyl (C=O) groups excluding carboxylic acids is 2. The molecule has 1 aromatic rings. The van der Waals surface area contributed by atoms with Crippen LogP contribution in [-0.4, -0.2) is 73.5 Å². The number of amidine groups is 1. The molecule has 1 atom stereocenters. The van der Waals surface area contributed by atoms with Gasteiger partial charge in [0.2, 0.25) is 5.91 Å². The lowest BCUT2D eigenvalue weighted by molar-refractivity contribution is -0.141. The van der Waals surface area contributed by atoms with Gasteiger partial charge in [0.25, 0.3) is 0 Å². The first-order chi connectivity index (χ1) is 16.0. The summed E-state index contributed by atoms with van der Waals surface area (Å²) in [6, 6.07) is 6.84. The van der Waals surface area contributed by atoms with Crippen LogP contribution in [-0.2, 0) is 23.8 Å². The highest BCUT2D eigenvalue weighted by atomic mass is 35.5. The molecule has 3 aliphatic rings. The van der Waals surface area contributed by atoms with E-state index >= 15 is 0 Å². The molecule has 0 N–H and O–H groups in total. The molecule has 176 valence electrons. The summed E-state index contributed by atoms with van der Waals surface area (Å²) >= 11 is 8.03. The zero-order valence-electron chi connectivity index (χ0n) is 18.6. The number of carbonyl (C=O) groups is 2. The maximum Gasteiger partial charge on any atom is 0.338 e. The minimum atomic E-state index is -0.556. The van der Waals surface area contributed by atoms with Gasteiger partial charge in [-0.2, -0.15) is 0 Å². The minimum Gasteiger partial charge on any atom is -0.460 e. The number of aliphatic imine (C=N–C) groups is 1. The highest BCUT2D eigenvalue weighted by Crippen LogP contribution is 2.46. The maximum atomic E-state index is 13.2. The second-order valence-electron chi connectivity index (χ2n) is 7.71. The fraction of sp³-hybridized carbons (Fsp3) is 0.435. The summed E-state index contributed by atoms with van der Waals surface area (Å²) in [6.07, 6.45) is 0.192. The van der Waals surface area contributed by atoms with Crippen LogP contribution < -0.4 is 0 Å². The number of amides is 1. The Labute approximate surface area is 202 Å². The third-order valence-electron chi connectivity index (χ3n) is 5.64. The molecule has 0 saturated carbocycles. The number of hydrogen-bond donors (Lipinski definition) is 0. The van der Waals surface area contributed by atoms with Crippen molar-refractivity contribution >= 4 is 40.4 Å². The summed E-state index contributed by atoms with van der Waals surface area (Å²) in [7, 11) is 1.55. The highest BCUT2D eigenvalue weighted by molar-refractivity contribution is 8.16. The Hall–Kier alpha value is -2.33. The Balaban J connectivity index is 1.67. The third kappa shape index (κ3) is 5.11. The summed E-state index contributed by atoms with van der Waals surface area (Å²) in [4.78, 5) is 34.6. The maximum absolute atomic E-state index is 13.2. The van der Waals surface area contributed by atoms with Crippen molar-refractivity contribution in [1.82, 2.24) is 9.80 Å². The average molecular weight is 492 g/mol. The van der Waals surface area contributed by atoms with Gasteiger partial charge in [0.1, 0.15) is 6.61 Å². The molecule has 0 spiro atoms. The Kier molecular flexibility index (Phi) is 7.75. The quantitative estimate of drug-likeness (QED) is 0.427. The van der Waals surface area contributed by atoms with E-state index in [1.807, 2.05) is 28.5 Å². The van der Waals surface area contributed by atoms with Crippen LogP contribution in [0.2, 0.25) is 5.02 Å². The molecule has 1 aromatic carbocycles. The van der Waals surface area contributed by atoms with E-state index in [0.29, 0.717) is 54.4 Å².